The van der Waals surface area contributed by atoms with Crippen LogP contribution in [0.15, 0.2) is 41.3 Å². The Morgan fingerprint density at radius 1 is 1.16 bits per heavy atom. The van der Waals surface area contributed by atoms with Crippen LogP contribution in [0.4, 0.5) is 11.4 Å². The number of rotatable bonds is 5. The van der Waals surface area contributed by atoms with Crippen LogP contribution in [-0.2, 0) is 10.0 Å². The number of aryl methyl sites for hydroxylation is 1. The number of benzene rings is 2. The van der Waals surface area contributed by atoms with Crippen molar-refractivity contribution in [3.8, 4) is 0 Å². The van der Waals surface area contributed by atoms with E-state index in [1.165, 1.54) is 32.2 Å². The van der Waals surface area contributed by atoms with Crippen molar-refractivity contribution in [3.05, 3.63) is 63.2 Å². The van der Waals surface area contributed by atoms with Crippen LogP contribution in [0.2, 0.25) is 0 Å². The predicted octanol–water partition coefficient (Wildman–Crippen LogP) is 2.37. The monoisotopic (exact) mass is 363 g/mol. The van der Waals surface area contributed by atoms with Gasteiger partial charge in [0.1, 0.15) is 0 Å². The Kier molecular flexibility index (Phi) is 5.07. The fourth-order valence-corrected chi connectivity index (χ4v) is 3.43. The van der Waals surface area contributed by atoms with Crippen molar-refractivity contribution in [1.29, 1.82) is 0 Å². The van der Waals surface area contributed by atoms with Gasteiger partial charge in [-0.3, -0.25) is 19.6 Å². The number of carbonyl (C=O) groups excluding carboxylic acids is 1. The fourth-order valence-electron chi connectivity index (χ4n) is 2.28. The van der Waals surface area contributed by atoms with Gasteiger partial charge in [-0.2, -0.15) is 0 Å². The van der Waals surface area contributed by atoms with E-state index >= 15 is 0 Å². The number of hydrogen-bond acceptors (Lipinski definition) is 5. The molecule has 9 heteroatoms. The largest absolute Gasteiger partial charge is 0.355 e. The SMILES string of the molecule is CNC(=O)c1cccc(NS(=O)(=O)c2ccc(C)c([N+](=O)[O-])c2)c1C. The number of amides is 1. The molecule has 0 aliphatic carbocycles. The van der Waals surface area contributed by atoms with E-state index in [4.69, 9.17) is 0 Å². The lowest BCUT2D eigenvalue weighted by Gasteiger charge is -2.13. The molecule has 0 unspecified atom stereocenters. The summed E-state index contributed by atoms with van der Waals surface area (Å²) in [5.74, 6) is -0.343. The Bertz CT molecular complexity index is 954. The van der Waals surface area contributed by atoms with E-state index in [2.05, 4.69) is 10.0 Å². The lowest BCUT2D eigenvalue weighted by Crippen LogP contribution is -2.20. The first-order valence-corrected chi connectivity index (χ1v) is 8.75. The highest BCUT2D eigenvalue weighted by Crippen LogP contribution is 2.26. The molecule has 0 aromatic heterocycles. The molecule has 0 fully saturated rings. The van der Waals surface area contributed by atoms with Crippen molar-refractivity contribution < 1.29 is 18.1 Å². The van der Waals surface area contributed by atoms with Crippen LogP contribution in [0.1, 0.15) is 21.5 Å². The molecular formula is C16H17N3O5S. The highest BCUT2D eigenvalue weighted by Gasteiger charge is 2.21. The Labute approximate surface area is 145 Å². The van der Waals surface area contributed by atoms with Crippen LogP contribution in [0.25, 0.3) is 0 Å². The molecule has 0 bridgehead atoms. The zero-order valence-electron chi connectivity index (χ0n) is 13.9. The minimum absolute atomic E-state index is 0.226. The smallest absolute Gasteiger partial charge is 0.273 e. The second-order valence-corrected chi connectivity index (χ2v) is 7.05. The van der Waals surface area contributed by atoms with Crippen molar-refractivity contribution in [2.45, 2.75) is 18.7 Å². The molecule has 132 valence electrons. The van der Waals surface area contributed by atoms with Gasteiger partial charge in [-0.1, -0.05) is 12.1 Å². The average molecular weight is 363 g/mol. The van der Waals surface area contributed by atoms with Gasteiger partial charge in [-0.25, -0.2) is 8.42 Å². The van der Waals surface area contributed by atoms with E-state index in [1.807, 2.05) is 0 Å². The van der Waals surface area contributed by atoms with Crippen molar-refractivity contribution in [1.82, 2.24) is 5.32 Å². The van der Waals surface area contributed by atoms with Crippen LogP contribution in [0, 0.1) is 24.0 Å². The van der Waals surface area contributed by atoms with Gasteiger partial charge in [0, 0.05) is 24.2 Å². The predicted molar refractivity (Wildman–Crippen MR) is 93.2 cm³/mol. The Morgan fingerprint density at radius 2 is 1.84 bits per heavy atom. The summed E-state index contributed by atoms with van der Waals surface area (Å²) in [4.78, 5) is 22.0. The number of anilines is 1. The van der Waals surface area contributed by atoms with Crippen LogP contribution < -0.4 is 10.0 Å². The van der Waals surface area contributed by atoms with E-state index < -0.39 is 14.9 Å². The number of carbonyl (C=O) groups is 1. The van der Waals surface area contributed by atoms with Gasteiger partial charge in [0.25, 0.3) is 21.6 Å². The molecule has 0 atom stereocenters. The van der Waals surface area contributed by atoms with Crippen LogP contribution in [0.5, 0.6) is 0 Å². The maximum Gasteiger partial charge on any atom is 0.273 e. The lowest BCUT2D eigenvalue weighted by atomic mass is 10.1. The number of sulfonamides is 1. The first kappa shape index (κ1) is 18.4. The average Bonchev–Trinajstić information content (AvgIpc) is 2.55. The third kappa shape index (κ3) is 3.77. The van der Waals surface area contributed by atoms with E-state index in [0.29, 0.717) is 16.7 Å². The van der Waals surface area contributed by atoms with Gasteiger partial charge >= 0.3 is 0 Å². The van der Waals surface area contributed by atoms with E-state index in [9.17, 15) is 23.3 Å². The highest BCUT2D eigenvalue weighted by atomic mass is 32.2. The number of nitrogens with zero attached hydrogens (tertiary/aromatic N) is 1. The van der Waals surface area contributed by atoms with Gasteiger partial charge in [-0.15, -0.1) is 0 Å². The number of hydrogen-bond donors (Lipinski definition) is 2. The van der Waals surface area contributed by atoms with Crippen molar-refractivity contribution >= 4 is 27.3 Å². The summed E-state index contributed by atoms with van der Waals surface area (Å²) in [7, 11) is -2.57. The zero-order chi connectivity index (χ0) is 18.8. The normalized spacial score (nSPS) is 11.0. The minimum Gasteiger partial charge on any atom is -0.355 e. The number of nitro groups is 1. The summed E-state index contributed by atoms with van der Waals surface area (Å²) in [5, 5.41) is 13.5. The molecule has 2 aromatic carbocycles. The Morgan fingerprint density at radius 3 is 2.44 bits per heavy atom. The third-order valence-electron chi connectivity index (χ3n) is 3.74. The van der Waals surface area contributed by atoms with E-state index in [-0.39, 0.29) is 22.2 Å². The number of nitrogens with one attached hydrogen (secondary N) is 2. The molecule has 1 amide bonds. The summed E-state index contributed by atoms with van der Waals surface area (Å²) in [5.41, 5.74) is 1.09. The van der Waals surface area contributed by atoms with Crippen LogP contribution >= 0.6 is 0 Å². The lowest BCUT2D eigenvalue weighted by molar-refractivity contribution is -0.385. The Hall–Kier alpha value is -2.94. The molecule has 0 aliphatic rings. The second-order valence-electron chi connectivity index (χ2n) is 5.37. The molecule has 0 spiro atoms. The third-order valence-corrected chi connectivity index (χ3v) is 5.10. The summed E-state index contributed by atoms with van der Waals surface area (Å²) in [6.45, 7) is 3.14. The molecular weight excluding hydrogens is 346 g/mol. The summed E-state index contributed by atoms with van der Waals surface area (Å²) < 4.78 is 27.5. The first-order chi connectivity index (χ1) is 11.7. The van der Waals surface area contributed by atoms with Crippen LogP contribution in [0.3, 0.4) is 0 Å². The molecule has 0 radical (unpaired) electrons. The maximum absolute atomic E-state index is 12.6. The topological polar surface area (TPSA) is 118 Å². The van der Waals surface area contributed by atoms with E-state index in [1.54, 1.807) is 19.1 Å². The standard InChI is InChI=1S/C16H17N3O5S/c1-10-7-8-12(9-15(10)19(21)22)25(23,24)18-14-6-4-5-13(11(14)2)16(20)17-3/h4-9,18H,1-3H3,(H,17,20). The highest BCUT2D eigenvalue weighted by molar-refractivity contribution is 7.92. The van der Waals surface area contributed by atoms with Crippen LogP contribution in [-0.4, -0.2) is 26.3 Å². The molecule has 2 rings (SSSR count). The quantitative estimate of drug-likeness (QED) is 0.624. The van der Waals surface area contributed by atoms with E-state index in [0.717, 1.165) is 6.07 Å². The summed E-state index contributed by atoms with van der Waals surface area (Å²) in [6, 6.07) is 8.32. The molecule has 0 heterocycles. The van der Waals surface area contributed by atoms with Gasteiger partial charge < -0.3 is 5.32 Å². The molecule has 0 saturated heterocycles. The fraction of sp³-hybridized carbons (Fsp3) is 0.188. The zero-order valence-corrected chi connectivity index (χ0v) is 14.7. The van der Waals surface area contributed by atoms with Gasteiger partial charge in [0.05, 0.1) is 15.5 Å². The molecule has 25 heavy (non-hydrogen) atoms. The summed E-state index contributed by atoms with van der Waals surface area (Å²) in [6.07, 6.45) is 0. The summed E-state index contributed by atoms with van der Waals surface area (Å²) >= 11 is 0. The molecule has 0 saturated carbocycles. The molecule has 8 nitrogen and oxygen atoms in total. The molecule has 0 aliphatic heterocycles. The van der Waals surface area contributed by atoms with Gasteiger partial charge in [-0.05, 0) is 37.6 Å². The van der Waals surface area contributed by atoms with Crippen molar-refractivity contribution in [2.75, 3.05) is 11.8 Å². The van der Waals surface area contributed by atoms with Gasteiger partial charge in [0.15, 0.2) is 0 Å². The first-order valence-electron chi connectivity index (χ1n) is 7.27. The van der Waals surface area contributed by atoms with Gasteiger partial charge in [0.2, 0.25) is 0 Å². The molecule has 2 aromatic rings. The van der Waals surface area contributed by atoms with Crippen molar-refractivity contribution in [3.63, 3.8) is 0 Å². The Balaban J connectivity index is 2.45. The molecule has 2 N–H and O–H groups in total. The van der Waals surface area contributed by atoms with Crippen molar-refractivity contribution in [2.24, 2.45) is 0 Å². The second kappa shape index (κ2) is 6.89. The number of nitro benzene ring substituents is 1. The minimum atomic E-state index is -4.04. The maximum atomic E-state index is 12.6.